The van der Waals surface area contributed by atoms with E-state index in [2.05, 4.69) is 27.2 Å². The van der Waals surface area contributed by atoms with Gasteiger partial charge in [0.05, 0.1) is 31.6 Å². The van der Waals surface area contributed by atoms with E-state index in [-0.39, 0.29) is 6.03 Å². The Morgan fingerprint density at radius 3 is 2.82 bits per heavy atom. The first-order chi connectivity index (χ1) is 13.6. The van der Waals surface area contributed by atoms with Crippen molar-refractivity contribution in [3.63, 3.8) is 0 Å². The van der Waals surface area contributed by atoms with Crippen LogP contribution in [-0.4, -0.2) is 60.2 Å². The summed E-state index contributed by atoms with van der Waals surface area (Å²) in [4.78, 5) is 14.6. The summed E-state index contributed by atoms with van der Waals surface area (Å²) in [6.07, 6.45) is 3.47. The number of amides is 2. The van der Waals surface area contributed by atoms with Gasteiger partial charge in [-0.1, -0.05) is 12.6 Å². The fourth-order valence-electron chi connectivity index (χ4n) is 2.78. The van der Waals surface area contributed by atoms with Crippen molar-refractivity contribution < 1.29 is 14.3 Å². The molecule has 8 heteroatoms. The maximum Gasteiger partial charge on any atom is 0.323 e. The van der Waals surface area contributed by atoms with Crippen LogP contribution in [0.15, 0.2) is 48.8 Å². The second kappa shape index (κ2) is 9.91. The highest BCUT2D eigenvalue weighted by Crippen LogP contribution is 2.18. The number of anilines is 2. The topological polar surface area (TPSA) is 80.7 Å². The largest absolute Gasteiger partial charge is 0.489 e. The predicted molar refractivity (Wildman–Crippen MR) is 109 cm³/mol. The Balaban J connectivity index is 1.46. The Morgan fingerprint density at radius 2 is 2.04 bits per heavy atom. The quantitative estimate of drug-likeness (QED) is 0.683. The van der Waals surface area contributed by atoms with Gasteiger partial charge in [0.25, 0.3) is 0 Å². The van der Waals surface area contributed by atoms with Gasteiger partial charge in [0, 0.05) is 37.6 Å². The van der Waals surface area contributed by atoms with Gasteiger partial charge in [0.15, 0.2) is 0 Å². The van der Waals surface area contributed by atoms with Crippen molar-refractivity contribution in [3.8, 4) is 5.75 Å². The molecule has 1 aliphatic rings. The Hall–Kier alpha value is -2.84. The first kappa shape index (κ1) is 19.9. The van der Waals surface area contributed by atoms with Crippen LogP contribution in [0.2, 0.25) is 0 Å². The highest BCUT2D eigenvalue weighted by molar-refractivity contribution is 5.99. The lowest BCUT2D eigenvalue weighted by atomic mass is 10.3. The number of hydrogen-bond acceptors (Lipinski definition) is 5. The maximum absolute atomic E-state index is 12.2. The van der Waals surface area contributed by atoms with E-state index in [0.717, 1.165) is 45.0 Å². The van der Waals surface area contributed by atoms with Gasteiger partial charge < -0.3 is 20.1 Å². The van der Waals surface area contributed by atoms with Crippen LogP contribution < -0.4 is 15.4 Å². The molecule has 3 rings (SSSR count). The number of aromatic nitrogens is 2. The van der Waals surface area contributed by atoms with E-state index in [1.807, 2.05) is 29.9 Å². The van der Waals surface area contributed by atoms with Gasteiger partial charge in [-0.15, -0.1) is 0 Å². The van der Waals surface area contributed by atoms with Crippen LogP contribution in [0.4, 0.5) is 16.2 Å². The normalized spacial score (nSPS) is 14.5. The Kier molecular flexibility index (Phi) is 7.05. The Bertz CT molecular complexity index is 799. The number of benzene rings is 1. The molecule has 150 valence electrons. The lowest BCUT2D eigenvalue weighted by Crippen LogP contribution is -2.38. The van der Waals surface area contributed by atoms with Crippen LogP contribution in [-0.2, 0) is 11.3 Å². The number of urea groups is 1. The Labute approximate surface area is 165 Å². The second-order valence-electron chi connectivity index (χ2n) is 6.80. The van der Waals surface area contributed by atoms with Crippen molar-refractivity contribution in [1.29, 1.82) is 0 Å². The Morgan fingerprint density at radius 1 is 1.25 bits per heavy atom. The lowest BCUT2D eigenvalue weighted by molar-refractivity contribution is 0.0360. The van der Waals surface area contributed by atoms with E-state index < -0.39 is 0 Å². The summed E-state index contributed by atoms with van der Waals surface area (Å²) in [5.41, 5.74) is 2.23. The van der Waals surface area contributed by atoms with Gasteiger partial charge in [-0.05, 0) is 24.6 Å². The average Bonchev–Trinajstić information content (AvgIpc) is 3.13. The van der Waals surface area contributed by atoms with Crippen LogP contribution >= 0.6 is 0 Å². The molecule has 2 N–H and O–H groups in total. The minimum Gasteiger partial charge on any atom is -0.489 e. The predicted octanol–water partition coefficient (Wildman–Crippen LogP) is 2.81. The molecule has 8 nitrogen and oxygen atoms in total. The molecule has 2 heterocycles. The summed E-state index contributed by atoms with van der Waals surface area (Å²) in [6, 6.07) is 6.91. The van der Waals surface area contributed by atoms with E-state index in [9.17, 15) is 4.79 Å². The summed E-state index contributed by atoms with van der Waals surface area (Å²) in [5, 5.41) is 9.90. The number of ether oxygens (including phenoxy) is 2. The molecule has 0 radical (unpaired) electrons. The minimum absolute atomic E-state index is 0.329. The third-order valence-electron chi connectivity index (χ3n) is 4.22. The van der Waals surface area contributed by atoms with Crippen LogP contribution in [0, 0.1) is 0 Å². The van der Waals surface area contributed by atoms with E-state index >= 15 is 0 Å². The standard InChI is InChI=1S/C20H27N5O3/c1-16(2)15-28-19-5-3-4-17(12-19)22-20(26)23-18-13-21-25(14-18)7-6-24-8-10-27-11-9-24/h3-5,12-14H,1,6-11,15H2,2H3,(H2,22,23,26). The molecule has 0 aliphatic carbocycles. The summed E-state index contributed by atoms with van der Waals surface area (Å²) in [5.74, 6) is 0.678. The zero-order chi connectivity index (χ0) is 19.8. The fraction of sp³-hybridized carbons (Fsp3) is 0.400. The van der Waals surface area contributed by atoms with Crippen LogP contribution in [0.5, 0.6) is 5.75 Å². The van der Waals surface area contributed by atoms with Crippen molar-refractivity contribution in [1.82, 2.24) is 14.7 Å². The van der Waals surface area contributed by atoms with Gasteiger partial charge in [0.2, 0.25) is 0 Å². The molecule has 0 atom stereocenters. The molecule has 1 aliphatic heterocycles. The molecule has 2 aromatic rings. The molecule has 0 saturated carbocycles. The van der Waals surface area contributed by atoms with Crippen LogP contribution in [0.3, 0.4) is 0 Å². The molecule has 0 unspecified atom stereocenters. The molecular formula is C20H27N5O3. The highest BCUT2D eigenvalue weighted by Gasteiger charge is 2.11. The maximum atomic E-state index is 12.2. The van der Waals surface area contributed by atoms with E-state index in [1.54, 1.807) is 18.3 Å². The summed E-state index contributed by atoms with van der Waals surface area (Å²) >= 11 is 0. The summed E-state index contributed by atoms with van der Waals surface area (Å²) in [6.45, 7) is 11.3. The first-order valence-corrected chi connectivity index (χ1v) is 9.36. The zero-order valence-electron chi connectivity index (χ0n) is 16.2. The van der Waals surface area contributed by atoms with Gasteiger partial charge >= 0.3 is 6.03 Å². The third kappa shape index (κ3) is 6.40. The molecule has 0 spiro atoms. The number of rotatable bonds is 8. The van der Waals surface area contributed by atoms with Gasteiger partial charge in [-0.2, -0.15) is 5.10 Å². The number of carbonyl (C=O) groups excluding carboxylic acids is 1. The average molecular weight is 385 g/mol. The lowest BCUT2D eigenvalue weighted by Gasteiger charge is -2.26. The van der Waals surface area contributed by atoms with Crippen molar-refractivity contribution >= 4 is 17.4 Å². The fourth-order valence-corrected chi connectivity index (χ4v) is 2.78. The number of hydrogen-bond donors (Lipinski definition) is 2. The van der Waals surface area contributed by atoms with Crippen molar-refractivity contribution in [3.05, 3.63) is 48.8 Å². The third-order valence-corrected chi connectivity index (χ3v) is 4.22. The monoisotopic (exact) mass is 385 g/mol. The second-order valence-corrected chi connectivity index (χ2v) is 6.80. The number of nitrogens with one attached hydrogen (secondary N) is 2. The molecule has 1 fully saturated rings. The van der Waals surface area contributed by atoms with Gasteiger partial charge in [-0.25, -0.2) is 4.79 Å². The number of nitrogens with zero attached hydrogens (tertiary/aromatic N) is 3. The number of carbonyl (C=O) groups is 1. The summed E-state index contributed by atoms with van der Waals surface area (Å²) in [7, 11) is 0. The highest BCUT2D eigenvalue weighted by atomic mass is 16.5. The molecule has 28 heavy (non-hydrogen) atoms. The van der Waals surface area contributed by atoms with Crippen LogP contribution in [0.1, 0.15) is 6.92 Å². The van der Waals surface area contributed by atoms with Gasteiger partial charge in [0.1, 0.15) is 12.4 Å². The van der Waals surface area contributed by atoms with Crippen molar-refractivity contribution in [2.24, 2.45) is 0 Å². The number of morpholine rings is 1. The van der Waals surface area contributed by atoms with Crippen molar-refractivity contribution in [2.45, 2.75) is 13.5 Å². The minimum atomic E-state index is -0.329. The molecule has 2 amide bonds. The molecule has 1 saturated heterocycles. The van der Waals surface area contributed by atoms with Crippen molar-refractivity contribution in [2.75, 3.05) is 50.1 Å². The van der Waals surface area contributed by atoms with E-state index in [0.29, 0.717) is 23.7 Å². The zero-order valence-corrected chi connectivity index (χ0v) is 16.2. The smallest absolute Gasteiger partial charge is 0.323 e. The molecular weight excluding hydrogens is 358 g/mol. The first-order valence-electron chi connectivity index (χ1n) is 9.36. The molecule has 1 aromatic carbocycles. The van der Waals surface area contributed by atoms with Gasteiger partial charge in [-0.3, -0.25) is 9.58 Å². The van der Waals surface area contributed by atoms with E-state index in [4.69, 9.17) is 9.47 Å². The molecule has 1 aromatic heterocycles. The van der Waals surface area contributed by atoms with E-state index in [1.165, 1.54) is 0 Å². The molecule has 0 bridgehead atoms. The summed E-state index contributed by atoms with van der Waals surface area (Å²) < 4.78 is 12.8. The van der Waals surface area contributed by atoms with Crippen LogP contribution in [0.25, 0.3) is 0 Å². The SMILES string of the molecule is C=C(C)COc1cccc(NC(=O)Nc2cnn(CCN3CCOCC3)c2)c1.